The van der Waals surface area contributed by atoms with Gasteiger partial charge in [-0.2, -0.15) is 5.10 Å². The lowest BCUT2D eigenvalue weighted by atomic mass is 9.98. The maximum atomic E-state index is 13.4. The number of amides is 2. The minimum Gasteiger partial charge on any atom is -0.383 e. The van der Waals surface area contributed by atoms with Gasteiger partial charge in [0.1, 0.15) is 12.4 Å². The van der Waals surface area contributed by atoms with Crippen molar-refractivity contribution >= 4 is 23.2 Å². The number of hydrazone groups is 1. The smallest absolute Gasteiger partial charge is 0.269 e. The predicted octanol–water partition coefficient (Wildman–Crippen LogP) is 3.54. The van der Waals surface area contributed by atoms with E-state index < -0.39 is 22.7 Å². The molecule has 0 N–H and O–H groups in total. The molecule has 1 heterocycles. The average Bonchev–Trinajstić information content (AvgIpc) is 3.27. The Kier molecular flexibility index (Phi) is 8.06. The lowest BCUT2D eigenvalue weighted by Gasteiger charge is -2.27. The first-order valence-electron chi connectivity index (χ1n) is 10.9. The van der Waals surface area contributed by atoms with Crippen molar-refractivity contribution in [3.63, 3.8) is 0 Å². The lowest BCUT2D eigenvalue weighted by Crippen LogP contribution is -2.44. The quantitative estimate of drug-likeness (QED) is 0.412. The van der Waals surface area contributed by atoms with E-state index in [1.807, 2.05) is 0 Å². The minimum absolute atomic E-state index is 0.100. The number of hydrogen-bond acceptors (Lipinski definition) is 6. The van der Waals surface area contributed by atoms with E-state index in [0.717, 1.165) is 0 Å². The highest BCUT2D eigenvalue weighted by Crippen LogP contribution is 2.34. The summed E-state index contributed by atoms with van der Waals surface area (Å²) in [6.07, 6.45) is 0.286. The molecule has 10 heteroatoms. The molecule has 0 aromatic heterocycles. The fourth-order valence-corrected chi connectivity index (χ4v) is 3.73. The number of nitro groups is 1. The van der Waals surface area contributed by atoms with Crippen molar-refractivity contribution in [2.24, 2.45) is 11.0 Å². The van der Waals surface area contributed by atoms with E-state index in [1.165, 1.54) is 41.3 Å². The number of benzene rings is 2. The monoisotopic (exact) mass is 470 g/mol. The summed E-state index contributed by atoms with van der Waals surface area (Å²) in [5.74, 6) is -1.33. The SMILES string of the molecule is COCCN(CC(=O)N1N=C(c2ccc(F)cc2)CC1c1cccc([N+](=O)[O-])c1)C(=O)C(C)C. The first kappa shape index (κ1) is 25.0. The van der Waals surface area contributed by atoms with E-state index in [-0.39, 0.29) is 43.6 Å². The normalized spacial score (nSPS) is 15.4. The van der Waals surface area contributed by atoms with Crippen LogP contribution in [0.15, 0.2) is 53.6 Å². The van der Waals surface area contributed by atoms with Crippen LogP contribution in [-0.2, 0) is 14.3 Å². The molecule has 0 radical (unpaired) electrons. The van der Waals surface area contributed by atoms with Gasteiger partial charge in [0.2, 0.25) is 5.91 Å². The van der Waals surface area contributed by atoms with E-state index >= 15 is 0 Å². The van der Waals surface area contributed by atoms with Crippen LogP contribution in [0.1, 0.15) is 37.4 Å². The minimum atomic E-state index is -0.606. The van der Waals surface area contributed by atoms with Crippen LogP contribution in [0.3, 0.4) is 0 Å². The summed E-state index contributed by atoms with van der Waals surface area (Å²) in [6.45, 7) is 3.79. The van der Waals surface area contributed by atoms with E-state index in [4.69, 9.17) is 4.74 Å². The molecular formula is C24H27FN4O5. The van der Waals surface area contributed by atoms with Gasteiger partial charge in [-0.05, 0) is 23.3 Å². The van der Waals surface area contributed by atoms with Gasteiger partial charge >= 0.3 is 0 Å². The molecule has 2 aromatic rings. The predicted molar refractivity (Wildman–Crippen MR) is 124 cm³/mol. The van der Waals surface area contributed by atoms with Gasteiger partial charge in [-0.1, -0.05) is 38.1 Å². The van der Waals surface area contributed by atoms with Crippen molar-refractivity contribution in [2.45, 2.75) is 26.3 Å². The second-order valence-corrected chi connectivity index (χ2v) is 8.27. The molecule has 0 saturated heterocycles. The fourth-order valence-electron chi connectivity index (χ4n) is 3.73. The largest absolute Gasteiger partial charge is 0.383 e. The van der Waals surface area contributed by atoms with Crippen LogP contribution in [0.2, 0.25) is 0 Å². The first-order chi connectivity index (χ1) is 16.2. The molecule has 2 aromatic carbocycles. The number of methoxy groups -OCH3 is 1. The Morgan fingerprint density at radius 3 is 2.59 bits per heavy atom. The molecule has 0 fully saturated rings. The number of carbonyl (C=O) groups is 2. The van der Waals surface area contributed by atoms with Crippen LogP contribution < -0.4 is 0 Å². The van der Waals surface area contributed by atoms with Crippen LogP contribution in [0, 0.1) is 21.8 Å². The highest BCUT2D eigenvalue weighted by molar-refractivity contribution is 6.03. The zero-order valence-electron chi connectivity index (χ0n) is 19.3. The third-order valence-corrected chi connectivity index (χ3v) is 5.51. The molecule has 3 rings (SSSR count). The number of halogens is 1. The summed E-state index contributed by atoms with van der Waals surface area (Å²) in [4.78, 5) is 38.2. The van der Waals surface area contributed by atoms with Gasteiger partial charge in [-0.25, -0.2) is 9.40 Å². The summed E-state index contributed by atoms with van der Waals surface area (Å²) in [7, 11) is 1.51. The van der Waals surface area contributed by atoms with E-state index in [9.17, 15) is 24.1 Å². The summed E-state index contributed by atoms with van der Waals surface area (Å²) in [5.41, 5.74) is 1.63. The molecule has 0 aliphatic carbocycles. The molecular weight excluding hydrogens is 443 g/mol. The maximum Gasteiger partial charge on any atom is 0.269 e. The van der Waals surface area contributed by atoms with Gasteiger partial charge in [0.05, 0.1) is 23.3 Å². The summed E-state index contributed by atoms with van der Waals surface area (Å²) in [6, 6.07) is 11.2. The van der Waals surface area contributed by atoms with E-state index in [0.29, 0.717) is 16.8 Å². The average molecular weight is 471 g/mol. The number of hydrogen-bond donors (Lipinski definition) is 0. The number of ether oxygens (including phenoxy) is 1. The Bertz CT molecular complexity index is 1090. The van der Waals surface area contributed by atoms with Gasteiger partial charge in [0, 0.05) is 38.1 Å². The molecule has 180 valence electrons. The molecule has 1 unspecified atom stereocenters. The molecule has 2 amide bonds. The number of nitro benzene ring substituents is 1. The molecule has 1 aliphatic heterocycles. The highest BCUT2D eigenvalue weighted by Gasteiger charge is 2.35. The summed E-state index contributed by atoms with van der Waals surface area (Å²) in [5, 5.41) is 17.1. The van der Waals surface area contributed by atoms with E-state index in [2.05, 4.69) is 5.10 Å². The Hall–Kier alpha value is -3.66. The Labute approximate surface area is 197 Å². The van der Waals surface area contributed by atoms with E-state index in [1.54, 1.807) is 38.1 Å². The highest BCUT2D eigenvalue weighted by atomic mass is 19.1. The van der Waals surface area contributed by atoms with Gasteiger partial charge < -0.3 is 9.64 Å². The number of non-ortho nitro benzene ring substituents is 1. The number of rotatable bonds is 9. The Balaban J connectivity index is 1.94. The molecule has 1 atom stereocenters. The van der Waals surface area contributed by atoms with Crippen LogP contribution >= 0.6 is 0 Å². The van der Waals surface area contributed by atoms with Crippen LogP contribution in [0.4, 0.5) is 10.1 Å². The number of nitrogens with zero attached hydrogens (tertiary/aromatic N) is 4. The van der Waals surface area contributed by atoms with Crippen LogP contribution in [0.25, 0.3) is 0 Å². The maximum absolute atomic E-state index is 13.4. The zero-order valence-corrected chi connectivity index (χ0v) is 19.3. The van der Waals surface area contributed by atoms with Crippen molar-refractivity contribution in [2.75, 3.05) is 26.8 Å². The van der Waals surface area contributed by atoms with Crippen molar-refractivity contribution in [3.8, 4) is 0 Å². The second-order valence-electron chi connectivity index (χ2n) is 8.27. The Morgan fingerprint density at radius 1 is 1.26 bits per heavy atom. The van der Waals surface area contributed by atoms with Gasteiger partial charge in [0.15, 0.2) is 0 Å². The number of carbonyl (C=O) groups excluding carboxylic acids is 2. The van der Waals surface area contributed by atoms with Crippen molar-refractivity contribution in [3.05, 3.63) is 75.6 Å². The second kappa shape index (κ2) is 11.0. The fraction of sp³-hybridized carbons (Fsp3) is 0.375. The van der Waals surface area contributed by atoms with Crippen molar-refractivity contribution < 1.29 is 23.6 Å². The summed E-state index contributed by atoms with van der Waals surface area (Å²) < 4.78 is 18.5. The molecule has 0 spiro atoms. The summed E-state index contributed by atoms with van der Waals surface area (Å²) >= 11 is 0. The molecule has 34 heavy (non-hydrogen) atoms. The van der Waals surface area contributed by atoms with Crippen LogP contribution in [-0.4, -0.2) is 59.2 Å². The molecule has 9 nitrogen and oxygen atoms in total. The standard InChI is InChI=1S/C24H27FN4O5/c1-16(2)24(31)27(11-12-34-3)15-23(30)28-22(18-5-4-6-20(13-18)29(32)33)14-21(26-28)17-7-9-19(25)10-8-17/h4-10,13,16,22H,11-12,14-15H2,1-3H3. The third kappa shape index (κ3) is 5.82. The molecule has 0 saturated carbocycles. The van der Waals surface area contributed by atoms with Gasteiger partial charge in [0.25, 0.3) is 11.6 Å². The van der Waals surface area contributed by atoms with Crippen LogP contribution in [0.5, 0.6) is 0 Å². The first-order valence-corrected chi connectivity index (χ1v) is 10.9. The molecule has 0 bridgehead atoms. The lowest BCUT2D eigenvalue weighted by molar-refractivity contribution is -0.385. The molecule has 1 aliphatic rings. The zero-order chi connectivity index (χ0) is 24.8. The van der Waals surface area contributed by atoms with Gasteiger partial charge in [-0.15, -0.1) is 0 Å². The van der Waals surface area contributed by atoms with Crippen molar-refractivity contribution in [1.82, 2.24) is 9.91 Å². The van der Waals surface area contributed by atoms with Gasteiger partial charge in [-0.3, -0.25) is 19.7 Å². The third-order valence-electron chi connectivity index (χ3n) is 5.51. The topological polar surface area (TPSA) is 105 Å². The Morgan fingerprint density at radius 2 is 1.97 bits per heavy atom. The van der Waals surface area contributed by atoms with Crippen molar-refractivity contribution in [1.29, 1.82) is 0 Å².